The number of aliphatic carboxylic acids is 1. The highest BCUT2D eigenvalue weighted by atomic mass is 79.9. The van der Waals surface area contributed by atoms with Crippen LogP contribution in [0.3, 0.4) is 0 Å². The third-order valence-electron chi connectivity index (χ3n) is 5.77. The first-order valence-corrected chi connectivity index (χ1v) is 13.2. The van der Waals surface area contributed by atoms with Crippen molar-refractivity contribution in [1.82, 2.24) is 4.72 Å². The van der Waals surface area contributed by atoms with Crippen LogP contribution in [0.15, 0.2) is 64.2 Å². The molecule has 0 saturated carbocycles. The number of fused-ring (bicyclic) bond motifs is 1. The lowest BCUT2D eigenvalue weighted by molar-refractivity contribution is -0.131. The van der Waals surface area contributed by atoms with Crippen molar-refractivity contribution >= 4 is 44.3 Å². The Morgan fingerprint density at radius 3 is 2.48 bits per heavy atom. The Balaban J connectivity index is 2.11. The summed E-state index contributed by atoms with van der Waals surface area (Å²) in [5.41, 5.74) is 1.56. The molecule has 1 aliphatic heterocycles. The molecule has 0 radical (unpaired) electrons. The molecule has 6 nitrogen and oxygen atoms in total. The van der Waals surface area contributed by atoms with Gasteiger partial charge in [0.05, 0.1) is 27.4 Å². The van der Waals surface area contributed by atoms with Crippen molar-refractivity contribution in [2.45, 2.75) is 62.8 Å². The maximum Gasteiger partial charge on any atom is 0.331 e. The average molecular weight is 536 g/mol. The van der Waals surface area contributed by atoms with Gasteiger partial charge in [-0.1, -0.05) is 57.7 Å². The van der Waals surface area contributed by atoms with Gasteiger partial charge in [0.25, 0.3) is 0 Å². The zero-order chi connectivity index (χ0) is 23.8. The fraction of sp³-hybridized carbons (Fsp3) is 0.400. The largest absolute Gasteiger partial charge is 0.478 e. The summed E-state index contributed by atoms with van der Waals surface area (Å²) in [4.78, 5) is 13.6. The van der Waals surface area contributed by atoms with Crippen LogP contribution < -0.4 is 14.4 Å². The number of anilines is 2. The van der Waals surface area contributed by atoms with E-state index in [2.05, 4.69) is 51.5 Å². The fourth-order valence-electron chi connectivity index (χ4n) is 4.07. The minimum atomic E-state index is -1.47. The molecular formula is C25H31BrN2O4S. The predicted octanol–water partition coefficient (Wildman–Crippen LogP) is 6.31. The number of nitrogens with one attached hydrogen (secondary N) is 1. The molecule has 0 amide bonds. The lowest BCUT2D eigenvalue weighted by Gasteiger charge is -2.37. The third kappa shape index (κ3) is 6.46. The highest BCUT2D eigenvalue weighted by Crippen LogP contribution is 2.42. The van der Waals surface area contributed by atoms with Gasteiger partial charge in [-0.2, -0.15) is 0 Å². The number of halogens is 1. The molecule has 2 N–H and O–H groups in total. The monoisotopic (exact) mass is 534 g/mol. The molecule has 33 heavy (non-hydrogen) atoms. The number of rotatable bonds is 10. The highest BCUT2D eigenvalue weighted by molar-refractivity contribution is 9.10. The molecule has 1 unspecified atom stereocenters. The Bertz CT molecular complexity index is 1000. The number of hydrogen-bond acceptors (Lipinski definition) is 4. The quantitative estimate of drug-likeness (QED) is 0.275. The van der Waals surface area contributed by atoms with E-state index in [4.69, 9.17) is 9.84 Å². The van der Waals surface area contributed by atoms with Crippen molar-refractivity contribution in [3.8, 4) is 5.75 Å². The van der Waals surface area contributed by atoms with E-state index < -0.39 is 17.0 Å². The molecule has 0 saturated heterocycles. The molecule has 1 aliphatic rings. The van der Waals surface area contributed by atoms with Crippen molar-refractivity contribution in [3.05, 3.63) is 59.3 Å². The first-order valence-electron chi connectivity index (χ1n) is 11.3. The molecule has 0 aromatic heterocycles. The first-order chi connectivity index (χ1) is 15.9. The van der Waals surface area contributed by atoms with Crippen molar-refractivity contribution in [2.24, 2.45) is 0 Å². The van der Waals surface area contributed by atoms with Gasteiger partial charge in [0.15, 0.2) is 0 Å². The van der Waals surface area contributed by atoms with E-state index >= 15 is 0 Å². The van der Waals surface area contributed by atoms with Gasteiger partial charge in [0.1, 0.15) is 16.7 Å². The number of ether oxygens (including phenoxy) is 1. The molecule has 1 atom stereocenters. The van der Waals surface area contributed by atoms with Crippen LogP contribution in [-0.2, 0) is 15.8 Å². The minimum absolute atomic E-state index is 0.303. The van der Waals surface area contributed by atoms with Gasteiger partial charge in [-0.25, -0.2) is 13.7 Å². The Morgan fingerprint density at radius 1 is 1.21 bits per heavy atom. The second-order valence-corrected chi connectivity index (χ2v) is 10.3. The van der Waals surface area contributed by atoms with Crippen LogP contribution in [-0.4, -0.2) is 27.4 Å². The van der Waals surface area contributed by atoms with E-state index in [1.165, 1.54) is 0 Å². The summed E-state index contributed by atoms with van der Waals surface area (Å²) in [7, 11) is -1.47. The Morgan fingerprint density at radius 2 is 1.88 bits per heavy atom. The SMILES string of the molecule is CCCCC1(CCCC)CN(c2ccccc2)c2cc(Br)c(O/C=C/C(=O)O)cc2S(=O)N1. The summed E-state index contributed by atoms with van der Waals surface area (Å²) in [5.74, 6) is -0.693. The number of carboxylic acid groups (broad SMARTS) is 1. The van der Waals surface area contributed by atoms with E-state index in [9.17, 15) is 9.00 Å². The summed E-state index contributed by atoms with van der Waals surface area (Å²) in [6, 6.07) is 13.8. The summed E-state index contributed by atoms with van der Waals surface area (Å²) in [6.45, 7) is 5.05. The normalized spacial score (nSPS) is 17.5. The van der Waals surface area contributed by atoms with Crippen molar-refractivity contribution in [3.63, 3.8) is 0 Å². The molecule has 178 valence electrons. The standard InChI is InChI=1S/C25H31BrN2O4S/c1-3-5-13-25(14-6-4-2)18-28(19-10-8-7-9-11-19)21-16-20(26)22(32-15-12-24(29)30)17-23(21)33(31)27-25/h7-12,15-17,27H,3-6,13-14,18H2,1-2H3,(H,29,30)/b15-12+. The molecule has 0 aliphatic carbocycles. The van der Waals surface area contributed by atoms with Gasteiger partial charge in [0, 0.05) is 23.8 Å². The van der Waals surface area contributed by atoms with Gasteiger partial charge in [-0.05, 0) is 47.0 Å². The third-order valence-corrected chi connectivity index (χ3v) is 7.73. The summed E-state index contributed by atoms with van der Waals surface area (Å²) >= 11 is 3.55. The maximum atomic E-state index is 13.7. The lowest BCUT2D eigenvalue weighted by Crippen LogP contribution is -2.51. The van der Waals surface area contributed by atoms with Crippen LogP contribution in [0.5, 0.6) is 5.75 Å². The Labute approximate surface area is 206 Å². The van der Waals surface area contributed by atoms with Gasteiger partial charge >= 0.3 is 5.97 Å². The molecule has 8 heteroatoms. The number of carbonyl (C=O) groups is 1. The first kappa shape index (κ1) is 25.5. The number of benzene rings is 2. The van der Waals surface area contributed by atoms with E-state index in [1.54, 1.807) is 6.07 Å². The van der Waals surface area contributed by atoms with Gasteiger partial charge in [-0.15, -0.1) is 0 Å². The number of unbranched alkanes of at least 4 members (excludes halogenated alkanes) is 2. The van der Waals surface area contributed by atoms with Gasteiger partial charge in [0.2, 0.25) is 0 Å². The van der Waals surface area contributed by atoms with Gasteiger partial charge in [-0.3, -0.25) is 0 Å². The molecule has 0 bridgehead atoms. The second-order valence-electron chi connectivity index (χ2n) is 8.29. The zero-order valence-corrected chi connectivity index (χ0v) is 21.5. The lowest BCUT2D eigenvalue weighted by atomic mass is 9.87. The number of nitrogens with zero attached hydrogens (tertiary/aromatic N) is 1. The summed E-state index contributed by atoms with van der Waals surface area (Å²) in [6.07, 6.45) is 8.13. The van der Waals surface area contributed by atoms with E-state index in [0.717, 1.165) is 62.2 Å². The molecule has 1 heterocycles. The molecule has 2 aromatic rings. The highest BCUT2D eigenvalue weighted by Gasteiger charge is 2.38. The molecular weight excluding hydrogens is 504 g/mol. The van der Waals surface area contributed by atoms with Crippen LogP contribution in [0, 0.1) is 0 Å². The van der Waals surface area contributed by atoms with E-state index in [0.29, 0.717) is 21.7 Å². The zero-order valence-electron chi connectivity index (χ0n) is 19.1. The second kappa shape index (κ2) is 11.8. The van der Waals surface area contributed by atoms with Crippen LogP contribution in [0.4, 0.5) is 11.4 Å². The number of hydrogen-bond donors (Lipinski definition) is 2. The number of para-hydroxylation sites is 1. The molecule has 2 aromatic carbocycles. The minimum Gasteiger partial charge on any atom is -0.478 e. The van der Waals surface area contributed by atoms with Crippen molar-refractivity contribution in [2.75, 3.05) is 11.4 Å². The smallest absolute Gasteiger partial charge is 0.331 e. The topological polar surface area (TPSA) is 78.9 Å². The predicted molar refractivity (Wildman–Crippen MR) is 136 cm³/mol. The molecule has 0 spiro atoms. The Kier molecular flexibility index (Phi) is 9.11. The van der Waals surface area contributed by atoms with Gasteiger partial charge < -0.3 is 14.7 Å². The summed E-state index contributed by atoms with van der Waals surface area (Å²) in [5, 5.41) is 8.85. The molecule has 3 rings (SSSR count). The van der Waals surface area contributed by atoms with Crippen LogP contribution >= 0.6 is 15.9 Å². The van der Waals surface area contributed by atoms with E-state index in [-0.39, 0.29) is 5.54 Å². The maximum absolute atomic E-state index is 13.7. The van der Waals surface area contributed by atoms with Crippen molar-refractivity contribution < 1.29 is 18.8 Å². The van der Waals surface area contributed by atoms with E-state index in [1.807, 2.05) is 24.3 Å². The Hall–Kier alpha value is -2.16. The average Bonchev–Trinajstić information content (AvgIpc) is 2.91. The van der Waals surface area contributed by atoms with Crippen LogP contribution in [0.25, 0.3) is 0 Å². The fourth-order valence-corrected chi connectivity index (χ4v) is 5.83. The summed E-state index contributed by atoms with van der Waals surface area (Å²) < 4.78 is 23.3. The number of carboxylic acids is 1. The van der Waals surface area contributed by atoms with Crippen molar-refractivity contribution in [1.29, 1.82) is 0 Å². The molecule has 0 fully saturated rings. The van der Waals surface area contributed by atoms with Crippen LogP contribution in [0.1, 0.15) is 52.4 Å². The van der Waals surface area contributed by atoms with Crippen LogP contribution in [0.2, 0.25) is 0 Å².